The predicted molar refractivity (Wildman–Crippen MR) is 117 cm³/mol. The molecule has 3 rings (SSSR count). The van der Waals surface area contributed by atoms with E-state index >= 15 is 0 Å². The third-order valence-corrected chi connectivity index (χ3v) is 5.31. The Morgan fingerprint density at radius 3 is 2.81 bits per heavy atom. The van der Waals surface area contributed by atoms with Crippen LogP contribution < -0.4 is 10.2 Å². The lowest BCUT2D eigenvalue weighted by atomic mass is 10.3. The van der Waals surface area contributed by atoms with E-state index in [9.17, 15) is 4.79 Å². The van der Waals surface area contributed by atoms with Crippen LogP contribution in [0.2, 0.25) is 4.34 Å². The van der Waals surface area contributed by atoms with Crippen LogP contribution in [0.4, 0.5) is 5.69 Å². The summed E-state index contributed by atoms with van der Waals surface area (Å²) in [6.45, 7) is 2.40. The molecule has 1 fully saturated rings. The standard InChI is InChI=1S/C16H21ClN6OS.HI/c1-18-16(19-6-5-13-3-4-14(17)25-13)22-7-8-23(15(24)11-22)12-9-20-21(2)10-12;/h3-4,9-10H,5-8,11H2,1-2H3,(H,18,19);1H. The zero-order chi connectivity index (χ0) is 17.8. The van der Waals surface area contributed by atoms with Crippen LogP contribution in [0.25, 0.3) is 0 Å². The van der Waals surface area contributed by atoms with Gasteiger partial charge in [-0.05, 0) is 18.6 Å². The topological polar surface area (TPSA) is 65.8 Å². The fourth-order valence-corrected chi connectivity index (χ4v) is 3.88. The first kappa shape index (κ1) is 21.0. The number of amides is 1. The molecule has 1 saturated heterocycles. The minimum atomic E-state index is 0. The van der Waals surface area contributed by atoms with E-state index in [2.05, 4.69) is 15.4 Å². The van der Waals surface area contributed by atoms with Crippen LogP contribution in [0, 0.1) is 0 Å². The number of thiophene rings is 1. The number of carbonyl (C=O) groups is 1. The summed E-state index contributed by atoms with van der Waals surface area (Å²) in [7, 11) is 3.58. The molecule has 1 aliphatic rings. The van der Waals surface area contributed by atoms with E-state index in [0.717, 1.165) is 35.5 Å². The molecule has 3 heterocycles. The third kappa shape index (κ3) is 5.10. The maximum Gasteiger partial charge on any atom is 0.246 e. The van der Waals surface area contributed by atoms with E-state index in [1.54, 1.807) is 34.2 Å². The van der Waals surface area contributed by atoms with Gasteiger partial charge in [0.05, 0.1) is 16.2 Å². The number of aliphatic imine (C=N–C) groups is 1. The van der Waals surface area contributed by atoms with Gasteiger partial charge in [0.2, 0.25) is 5.91 Å². The van der Waals surface area contributed by atoms with Crippen molar-refractivity contribution in [2.45, 2.75) is 6.42 Å². The second-order valence-corrected chi connectivity index (χ2v) is 7.57. The predicted octanol–water partition coefficient (Wildman–Crippen LogP) is 2.22. The molecule has 0 aliphatic carbocycles. The monoisotopic (exact) mass is 508 g/mol. The Morgan fingerprint density at radius 2 is 2.23 bits per heavy atom. The summed E-state index contributed by atoms with van der Waals surface area (Å²) in [4.78, 5) is 21.8. The quantitative estimate of drug-likeness (QED) is 0.391. The number of nitrogens with zero attached hydrogens (tertiary/aromatic N) is 5. The largest absolute Gasteiger partial charge is 0.356 e. The highest BCUT2D eigenvalue weighted by atomic mass is 127. The van der Waals surface area contributed by atoms with Gasteiger partial charge in [0.1, 0.15) is 6.54 Å². The lowest BCUT2D eigenvalue weighted by Gasteiger charge is -2.35. The van der Waals surface area contributed by atoms with Gasteiger partial charge >= 0.3 is 0 Å². The summed E-state index contributed by atoms with van der Waals surface area (Å²) in [5.41, 5.74) is 0.838. The summed E-state index contributed by atoms with van der Waals surface area (Å²) in [5.74, 6) is 0.800. The molecule has 10 heteroatoms. The zero-order valence-electron chi connectivity index (χ0n) is 14.7. The van der Waals surface area contributed by atoms with E-state index in [4.69, 9.17) is 11.6 Å². The van der Waals surface area contributed by atoms with Crippen molar-refractivity contribution < 1.29 is 4.79 Å². The molecule has 1 N–H and O–H groups in total. The first-order valence-electron chi connectivity index (χ1n) is 8.05. The lowest BCUT2D eigenvalue weighted by Crippen LogP contribution is -2.55. The van der Waals surface area contributed by atoms with Gasteiger partial charge in [0, 0.05) is 44.8 Å². The second kappa shape index (κ2) is 9.56. The average molecular weight is 509 g/mol. The van der Waals surface area contributed by atoms with Gasteiger partial charge in [0.15, 0.2) is 5.96 Å². The van der Waals surface area contributed by atoms with E-state index in [0.29, 0.717) is 13.1 Å². The van der Waals surface area contributed by atoms with Crippen LogP contribution in [0.1, 0.15) is 4.88 Å². The Morgan fingerprint density at radius 1 is 1.42 bits per heavy atom. The molecule has 2 aromatic rings. The first-order valence-corrected chi connectivity index (χ1v) is 9.25. The molecular weight excluding hydrogens is 487 g/mol. The molecule has 0 radical (unpaired) electrons. The van der Waals surface area contributed by atoms with Crippen molar-refractivity contribution in [3.8, 4) is 0 Å². The van der Waals surface area contributed by atoms with Crippen LogP contribution in [0.15, 0.2) is 29.5 Å². The van der Waals surface area contributed by atoms with Gasteiger partial charge < -0.3 is 15.1 Å². The number of anilines is 1. The fraction of sp³-hybridized carbons (Fsp3) is 0.438. The Balaban J connectivity index is 0.00000243. The Labute approximate surface area is 179 Å². The number of nitrogens with one attached hydrogen (secondary N) is 1. The second-order valence-electron chi connectivity index (χ2n) is 5.77. The Kier molecular flexibility index (Phi) is 7.71. The summed E-state index contributed by atoms with van der Waals surface area (Å²) in [6.07, 6.45) is 4.44. The highest BCUT2D eigenvalue weighted by molar-refractivity contribution is 14.0. The minimum Gasteiger partial charge on any atom is -0.356 e. The summed E-state index contributed by atoms with van der Waals surface area (Å²) < 4.78 is 2.50. The molecule has 0 atom stereocenters. The van der Waals surface area contributed by atoms with E-state index in [1.807, 2.05) is 30.3 Å². The van der Waals surface area contributed by atoms with Crippen LogP contribution >= 0.6 is 46.9 Å². The summed E-state index contributed by atoms with van der Waals surface area (Å²) in [6, 6.07) is 3.94. The molecule has 0 bridgehead atoms. The normalized spacial score (nSPS) is 15.2. The van der Waals surface area contributed by atoms with Gasteiger partial charge in [-0.3, -0.25) is 14.5 Å². The molecular formula is C16H22ClIN6OS. The number of aromatic nitrogens is 2. The SMILES string of the molecule is CN=C(NCCc1ccc(Cl)s1)N1CCN(c2cnn(C)c2)C(=O)C1.I. The molecule has 0 spiro atoms. The van der Waals surface area contributed by atoms with Crippen LogP contribution in [0.5, 0.6) is 0 Å². The average Bonchev–Trinajstić information content (AvgIpc) is 3.20. The highest BCUT2D eigenvalue weighted by Gasteiger charge is 2.27. The number of guanidine groups is 1. The highest BCUT2D eigenvalue weighted by Crippen LogP contribution is 2.21. The van der Waals surface area contributed by atoms with Crippen LogP contribution in [0.3, 0.4) is 0 Å². The van der Waals surface area contributed by atoms with E-state index in [-0.39, 0.29) is 29.9 Å². The summed E-state index contributed by atoms with van der Waals surface area (Å²) in [5, 5.41) is 7.46. The number of hydrogen-bond acceptors (Lipinski definition) is 4. The molecule has 0 unspecified atom stereocenters. The van der Waals surface area contributed by atoms with E-state index in [1.165, 1.54) is 4.88 Å². The number of carbonyl (C=O) groups excluding carboxylic acids is 1. The van der Waals surface area contributed by atoms with Crippen molar-refractivity contribution in [3.05, 3.63) is 33.7 Å². The number of rotatable bonds is 4. The fourth-order valence-electron chi connectivity index (χ4n) is 2.79. The van der Waals surface area contributed by atoms with Gasteiger partial charge in [-0.25, -0.2) is 0 Å². The molecule has 7 nitrogen and oxygen atoms in total. The first-order chi connectivity index (χ1) is 12.1. The van der Waals surface area contributed by atoms with Crippen molar-refractivity contribution in [3.63, 3.8) is 0 Å². The van der Waals surface area contributed by atoms with Gasteiger partial charge in [-0.2, -0.15) is 5.10 Å². The number of aryl methyl sites for hydroxylation is 1. The van der Waals surface area contributed by atoms with E-state index < -0.39 is 0 Å². The van der Waals surface area contributed by atoms with Crippen molar-refractivity contribution >= 4 is 64.5 Å². The molecule has 1 aliphatic heterocycles. The maximum absolute atomic E-state index is 12.5. The molecule has 142 valence electrons. The van der Waals surface area contributed by atoms with Crippen LogP contribution in [-0.4, -0.2) is 59.8 Å². The smallest absolute Gasteiger partial charge is 0.246 e. The van der Waals surface area contributed by atoms with Gasteiger partial charge in [0.25, 0.3) is 0 Å². The summed E-state index contributed by atoms with van der Waals surface area (Å²) >= 11 is 7.54. The minimum absolute atomic E-state index is 0. The number of halogens is 2. The maximum atomic E-state index is 12.5. The van der Waals surface area contributed by atoms with Crippen LogP contribution in [-0.2, 0) is 18.3 Å². The van der Waals surface area contributed by atoms with Crippen molar-refractivity contribution in [2.75, 3.05) is 38.1 Å². The molecule has 0 aromatic carbocycles. The number of hydrogen-bond donors (Lipinski definition) is 1. The molecule has 2 aromatic heterocycles. The van der Waals surface area contributed by atoms with Gasteiger partial charge in [-0.1, -0.05) is 11.6 Å². The van der Waals surface area contributed by atoms with Gasteiger partial charge in [-0.15, -0.1) is 35.3 Å². The molecule has 26 heavy (non-hydrogen) atoms. The Bertz CT molecular complexity index is 776. The number of piperazine rings is 1. The van der Waals surface area contributed by atoms with Crippen molar-refractivity contribution in [2.24, 2.45) is 12.0 Å². The van der Waals surface area contributed by atoms with Crippen molar-refractivity contribution in [1.29, 1.82) is 0 Å². The molecule has 0 saturated carbocycles. The zero-order valence-corrected chi connectivity index (χ0v) is 18.6. The lowest BCUT2D eigenvalue weighted by molar-refractivity contribution is -0.120. The van der Waals surface area contributed by atoms with Crippen molar-refractivity contribution in [1.82, 2.24) is 20.0 Å². The Hall–Kier alpha value is -1.33. The third-order valence-electron chi connectivity index (χ3n) is 4.02. The molecule has 1 amide bonds.